The molecule has 0 unspecified atom stereocenters. The highest BCUT2D eigenvalue weighted by atomic mass is 19.4. The predicted molar refractivity (Wildman–Crippen MR) is 76.3 cm³/mol. The summed E-state index contributed by atoms with van der Waals surface area (Å²) in [5.74, 6) is -0.456. The molecular weight excluding hydrogens is 295 g/mol. The second kappa shape index (κ2) is 5.92. The number of hydrogen-bond donors (Lipinski definition) is 1. The van der Waals surface area contributed by atoms with Gasteiger partial charge in [0, 0.05) is 12.1 Å². The number of benzene rings is 1. The van der Waals surface area contributed by atoms with Gasteiger partial charge in [-0.3, -0.25) is 0 Å². The summed E-state index contributed by atoms with van der Waals surface area (Å²) in [7, 11) is 3.78. The average molecular weight is 311 g/mol. The number of aromatic nitrogens is 2. The Morgan fingerprint density at radius 2 is 1.82 bits per heavy atom. The number of alkyl halides is 3. The van der Waals surface area contributed by atoms with Gasteiger partial charge in [-0.15, -0.1) is 0 Å². The predicted octanol–water partition coefficient (Wildman–Crippen LogP) is 3.24. The van der Waals surface area contributed by atoms with Crippen LogP contribution in [0, 0.1) is 6.92 Å². The van der Waals surface area contributed by atoms with E-state index in [-0.39, 0.29) is 5.56 Å². The maximum absolute atomic E-state index is 12.7. The first kappa shape index (κ1) is 16.2. The highest BCUT2D eigenvalue weighted by Crippen LogP contribution is 2.38. The molecule has 1 aromatic carbocycles. The Hall–Kier alpha value is -2.15. The molecular formula is C15H16F3N3O. The number of nitrogens with zero attached hydrogens (tertiary/aromatic N) is 3. The molecule has 7 heteroatoms. The minimum Gasteiger partial charge on any atom is -0.507 e. The van der Waals surface area contributed by atoms with Crippen molar-refractivity contribution in [2.45, 2.75) is 19.6 Å². The Morgan fingerprint density at radius 3 is 2.27 bits per heavy atom. The van der Waals surface area contributed by atoms with Gasteiger partial charge in [-0.1, -0.05) is 0 Å². The number of rotatable bonds is 3. The van der Waals surface area contributed by atoms with Crippen molar-refractivity contribution in [1.29, 1.82) is 0 Å². The molecule has 0 bridgehead atoms. The second-order valence-corrected chi connectivity index (χ2v) is 5.33. The molecule has 22 heavy (non-hydrogen) atoms. The van der Waals surface area contributed by atoms with Crippen molar-refractivity contribution in [3.8, 4) is 17.0 Å². The molecule has 0 aliphatic rings. The van der Waals surface area contributed by atoms with Crippen LogP contribution in [-0.4, -0.2) is 34.3 Å². The zero-order chi connectivity index (χ0) is 16.5. The highest BCUT2D eigenvalue weighted by Gasteiger charge is 2.32. The third kappa shape index (κ3) is 3.54. The zero-order valence-corrected chi connectivity index (χ0v) is 12.4. The van der Waals surface area contributed by atoms with Gasteiger partial charge < -0.3 is 10.0 Å². The van der Waals surface area contributed by atoms with Crippen LogP contribution >= 0.6 is 0 Å². The second-order valence-electron chi connectivity index (χ2n) is 5.33. The average Bonchev–Trinajstić information content (AvgIpc) is 2.38. The molecule has 0 spiro atoms. The van der Waals surface area contributed by atoms with E-state index in [1.165, 1.54) is 6.92 Å². The summed E-state index contributed by atoms with van der Waals surface area (Å²) in [4.78, 5) is 1.92. The van der Waals surface area contributed by atoms with Gasteiger partial charge in [0.15, 0.2) is 0 Å². The van der Waals surface area contributed by atoms with E-state index in [2.05, 4.69) is 10.2 Å². The molecule has 1 aromatic heterocycles. The molecule has 0 saturated carbocycles. The van der Waals surface area contributed by atoms with Gasteiger partial charge in [0.05, 0.1) is 17.0 Å². The van der Waals surface area contributed by atoms with Crippen LogP contribution in [-0.2, 0) is 12.7 Å². The summed E-state index contributed by atoms with van der Waals surface area (Å²) in [5.41, 5.74) is 0.742. The van der Waals surface area contributed by atoms with Crippen LogP contribution in [0.25, 0.3) is 11.3 Å². The van der Waals surface area contributed by atoms with Gasteiger partial charge in [-0.2, -0.15) is 23.4 Å². The molecule has 0 saturated heterocycles. The summed E-state index contributed by atoms with van der Waals surface area (Å²) < 4.78 is 38.1. The third-order valence-corrected chi connectivity index (χ3v) is 3.10. The fraction of sp³-hybridized carbons (Fsp3) is 0.333. The lowest BCUT2D eigenvalue weighted by molar-refractivity contribution is -0.137. The van der Waals surface area contributed by atoms with E-state index in [9.17, 15) is 18.3 Å². The zero-order valence-electron chi connectivity index (χ0n) is 12.4. The first-order valence-electron chi connectivity index (χ1n) is 6.57. The van der Waals surface area contributed by atoms with E-state index < -0.39 is 17.5 Å². The minimum atomic E-state index is -4.50. The number of phenolic OH excluding ortho intramolecular Hbond substituents is 1. The Kier molecular flexibility index (Phi) is 4.37. The van der Waals surface area contributed by atoms with Crippen molar-refractivity contribution in [2.75, 3.05) is 14.1 Å². The first-order valence-corrected chi connectivity index (χ1v) is 6.57. The fourth-order valence-corrected chi connectivity index (χ4v) is 2.17. The standard InChI is InChI=1S/C15H16F3N3O/c1-9-6-10(15(16,17)18)7-13(22)14(9)12-5-4-11(19-20-12)8-21(2)3/h4-7,22H,8H2,1-3H3. The summed E-state index contributed by atoms with van der Waals surface area (Å²) in [6, 6.07) is 5.07. The highest BCUT2D eigenvalue weighted by molar-refractivity contribution is 5.71. The Labute approximate surface area is 126 Å². The van der Waals surface area contributed by atoms with Crippen LogP contribution in [0.4, 0.5) is 13.2 Å². The number of hydrogen-bond acceptors (Lipinski definition) is 4. The molecule has 2 aromatic rings. The molecule has 118 valence electrons. The Balaban J connectivity index is 2.41. The minimum absolute atomic E-state index is 0.261. The van der Waals surface area contributed by atoms with Gasteiger partial charge in [-0.25, -0.2) is 0 Å². The molecule has 0 atom stereocenters. The van der Waals surface area contributed by atoms with Gasteiger partial charge >= 0.3 is 6.18 Å². The van der Waals surface area contributed by atoms with E-state index in [0.29, 0.717) is 23.9 Å². The van der Waals surface area contributed by atoms with Gasteiger partial charge in [-0.05, 0) is 50.8 Å². The fourth-order valence-electron chi connectivity index (χ4n) is 2.17. The van der Waals surface area contributed by atoms with Gasteiger partial charge in [0.2, 0.25) is 0 Å². The van der Waals surface area contributed by atoms with E-state index >= 15 is 0 Å². The van der Waals surface area contributed by atoms with Gasteiger partial charge in [0.25, 0.3) is 0 Å². The summed E-state index contributed by atoms with van der Waals surface area (Å²) in [6.07, 6.45) is -4.50. The topological polar surface area (TPSA) is 49.2 Å². The Morgan fingerprint density at radius 1 is 1.14 bits per heavy atom. The first-order chi connectivity index (χ1) is 10.2. The molecule has 0 fully saturated rings. The molecule has 1 N–H and O–H groups in total. The van der Waals surface area contributed by atoms with Gasteiger partial charge in [0.1, 0.15) is 5.75 Å². The van der Waals surface area contributed by atoms with Crippen LogP contribution in [0.5, 0.6) is 5.75 Å². The summed E-state index contributed by atoms with van der Waals surface area (Å²) in [6.45, 7) is 2.10. The van der Waals surface area contributed by atoms with E-state index in [1.807, 2.05) is 19.0 Å². The van der Waals surface area contributed by atoms with Crippen LogP contribution in [0.15, 0.2) is 24.3 Å². The van der Waals surface area contributed by atoms with Crippen LogP contribution in [0.3, 0.4) is 0 Å². The van der Waals surface area contributed by atoms with Crippen molar-refractivity contribution in [3.63, 3.8) is 0 Å². The number of halogens is 3. The lowest BCUT2D eigenvalue weighted by atomic mass is 10.0. The van der Waals surface area contributed by atoms with Crippen molar-refractivity contribution in [1.82, 2.24) is 15.1 Å². The van der Waals surface area contributed by atoms with E-state index in [0.717, 1.165) is 11.8 Å². The van der Waals surface area contributed by atoms with Crippen molar-refractivity contribution < 1.29 is 18.3 Å². The maximum atomic E-state index is 12.7. The largest absolute Gasteiger partial charge is 0.507 e. The van der Waals surface area contributed by atoms with Crippen LogP contribution < -0.4 is 0 Å². The van der Waals surface area contributed by atoms with Crippen molar-refractivity contribution in [2.24, 2.45) is 0 Å². The van der Waals surface area contributed by atoms with Crippen molar-refractivity contribution >= 4 is 0 Å². The third-order valence-electron chi connectivity index (χ3n) is 3.10. The summed E-state index contributed by atoms with van der Waals surface area (Å²) in [5, 5.41) is 17.9. The molecule has 0 radical (unpaired) electrons. The van der Waals surface area contributed by atoms with Crippen LogP contribution in [0.1, 0.15) is 16.8 Å². The number of aryl methyl sites for hydroxylation is 1. The summed E-state index contributed by atoms with van der Waals surface area (Å²) >= 11 is 0. The van der Waals surface area contributed by atoms with Crippen LogP contribution in [0.2, 0.25) is 0 Å². The molecule has 2 rings (SSSR count). The Bertz CT molecular complexity index is 644. The lowest BCUT2D eigenvalue weighted by Gasteiger charge is -2.13. The molecule has 1 heterocycles. The normalized spacial score (nSPS) is 12.0. The lowest BCUT2D eigenvalue weighted by Crippen LogP contribution is -2.12. The van der Waals surface area contributed by atoms with E-state index in [4.69, 9.17) is 0 Å². The molecule has 0 amide bonds. The molecule has 4 nitrogen and oxygen atoms in total. The quantitative estimate of drug-likeness (QED) is 0.945. The smallest absolute Gasteiger partial charge is 0.416 e. The van der Waals surface area contributed by atoms with Crippen molar-refractivity contribution in [3.05, 3.63) is 41.1 Å². The van der Waals surface area contributed by atoms with E-state index in [1.54, 1.807) is 12.1 Å². The number of phenols is 1. The monoisotopic (exact) mass is 311 g/mol. The molecule has 0 aliphatic heterocycles. The maximum Gasteiger partial charge on any atom is 0.416 e. The number of aromatic hydroxyl groups is 1. The molecule has 0 aliphatic carbocycles. The SMILES string of the molecule is Cc1cc(C(F)(F)F)cc(O)c1-c1ccc(CN(C)C)nn1.